The molecule has 0 saturated carbocycles. The van der Waals surface area contributed by atoms with Crippen LogP contribution in [0.2, 0.25) is 10.0 Å². The van der Waals surface area contributed by atoms with Crippen LogP contribution in [0.15, 0.2) is 36.4 Å². The molecule has 0 atom stereocenters. The van der Waals surface area contributed by atoms with Gasteiger partial charge in [0, 0.05) is 36.7 Å². The minimum absolute atomic E-state index is 0.00950. The molecule has 0 aliphatic carbocycles. The number of rotatable bonds is 5. The van der Waals surface area contributed by atoms with Gasteiger partial charge in [-0.2, -0.15) is 0 Å². The highest BCUT2D eigenvalue weighted by Gasteiger charge is 2.16. The molecule has 25 heavy (non-hydrogen) atoms. The van der Waals surface area contributed by atoms with Crippen LogP contribution in [-0.4, -0.2) is 18.4 Å². The van der Waals surface area contributed by atoms with Gasteiger partial charge in [-0.3, -0.25) is 9.59 Å². The zero-order valence-electron chi connectivity index (χ0n) is 13.2. The molecule has 0 unspecified atom stereocenters. The van der Waals surface area contributed by atoms with Gasteiger partial charge in [0.15, 0.2) is 11.6 Å². The van der Waals surface area contributed by atoms with Gasteiger partial charge in [0.05, 0.1) is 10.7 Å². The van der Waals surface area contributed by atoms with Gasteiger partial charge in [0.1, 0.15) is 0 Å². The van der Waals surface area contributed by atoms with Gasteiger partial charge in [-0.25, -0.2) is 8.78 Å². The third-order valence-corrected chi connectivity index (χ3v) is 3.92. The maximum Gasteiger partial charge on any atom is 0.226 e. The Morgan fingerprint density at radius 2 is 1.80 bits per heavy atom. The minimum Gasteiger partial charge on any atom is -0.325 e. The Kier molecular flexibility index (Phi) is 6.33. The molecule has 0 aliphatic rings. The summed E-state index contributed by atoms with van der Waals surface area (Å²) < 4.78 is 26.4. The Morgan fingerprint density at radius 1 is 1.08 bits per heavy atom. The predicted molar refractivity (Wildman–Crippen MR) is 94.1 cm³/mol. The molecular formula is C17H14Cl2F2N2O2. The Labute approximate surface area is 153 Å². The van der Waals surface area contributed by atoms with Crippen molar-refractivity contribution in [2.45, 2.75) is 13.3 Å². The van der Waals surface area contributed by atoms with Crippen LogP contribution in [0, 0.1) is 11.6 Å². The molecule has 0 aromatic heterocycles. The van der Waals surface area contributed by atoms with Crippen LogP contribution < -0.4 is 10.2 Å². The molecule has 8 heteroatoms. The van der Waals surface area contributed by atoms with Crippen molar-refractivity contribution in [3.8, 4) is 0 Å². The summed E-state index contributed by atoms with van der Waals surface area (Å²) in [4.78, 5) is 25.0. The number of carbonyl (C=O) groups excluding carboxylic acids is 2. The lowest BCUT2D eigenvalue weighted by Gasteiger charge is -2.21. The van der Waals surface area contributed by atoms with Crippen molar-refractivity contribution in [1.29, 1.82) is 0 Å². The maximum atomic E-state index is 13.4. The topological polar surface area (TPSA) is 49.4 Å². The quantitative estimate of drug-likeness (QED) is 0.812. The van der Waals surface area contributed by atoms with Crippen molar-refractivity contribution in [3.05, 3.63) is 58.1 Å². The van der Waals surface area contributed by atoms with E-state index in [-0.39, 0.29) is 18.7 Å². The average Bonchev–Trinajstić information content (AvgIpc) is 2.54. The number of nitrogens with zero attached hydrogens (tertiary/aromatic N) is 1. The van der Waals surface area contributed by atoms with Crippen LogP contribution in [0.4, 0.5) is 20.2 Å². The van der Waals surface area contributed by atoms with Gasteiger partial charge in [-0.05, 0) is 30.3 Å². The molecule has 2 rings (SSSR count). The molecule has 0 saturated heterocycles. The van der Waals surface area contributed by atoms with E-state index in [1.165, 1.54) is 24.0 Å². The van der Waals surface area contributed by atoms with E-state index in [0.29, 0.717) is 15.7 Å². The summed E-state index contributed by atoms with van der Waals surface area (Å²) >= 11 is 11.8. The fraction of sp³-hybridized carbons (Fsp3) is 0.176. The van der Waals surface area contributed by atoms with Gasteiger partial charge in [0.25, 0.3) is 0 Å². The van der Waals surface area contributed by atoms with E-state index in [1.54, 1.807) is 12.1 Å². The maximum absolute atomic E-state index is 13.4. The summed E-state index contributed by atoms with van der Waals surface area (Å²) in [6, 6.07) is 7.73. The number of amides is 2. The van der Waals surface area contributed by atoms with Crippen molar-refractivity contribution < 1.29 is 18.4 Å². The zero-order chi connectivity index (χ0) is 18.6. The molecule has 132 valence electrons. The van der Waals surface area contributed by atoms with Gasteiger partial charge in [0.2, 0.25) is 11.8 Å². The lowest BCUT2D eigenvalue weighted by Crippen LogP contribution is -2.32. The van der Waals surface area contributed by atoms with Crippen molar-refractivity contribution in [2.75, 3.05) is 16.8 Å². The van der Waals surface area contributed by atoms with E-state index in [2.05, 4.69) is 5.32 Å². The number of hydrogen-bond donors (Lipinski definition) is 1. The largest absolute Gasteiger partial charge is 0.325 e. The fourth-order valence-electron chi connectivity index (χ4n) is 2.14. The zero-order valence-corrected chi connectivity index (χ0v) is 14.7. The smallest absolute Gasteiger partial charge is 0.226 e. The normalized spacial score (nSPS) is 10.4. The average molecular weight is 387 g/mol. The van der Waals surface area contributed by atoms with Gasteiger partial charge in [-0.15, -0.1) is 0 Å². The molecule has 0 bridgehead atoms. The highest BCUT2D eigenvalue weighted by Crippen LogP contribution is 2.25. The first-order chi connectivity index (χ1) is 11.8. The minimum atomic E-state index is -1.07. The second kappa shape index (κ2) is 8.27. The van der Waals surface area contributed by atoms with Gasteiger partial charge >= 0.3 is 0 Å². The lowest BCUT2D eigenvalue weighted by molar-refractivity contribution is -0.117. The molecule has 1 N–H and O–H groups in total. The summed E-state index contributed by atoms with van der Waals surface area (Å²) in [7, 11) is 0. The molecule has 0 fully saturated rings. The lowest BCUT2D eigenvalue weighted by atomic mass is 10.2. The molecule has 0 aliphatic heterocycles. The molecular weight excluding hydrogens is 373 g/mol. The number of benzene rings is 2. The summed E-state index contributed by atoms with van der Waals surface area (Å²) in [5, 5.41) is 3.32. The van der Waals surface area contributed by atoms with Crippen molar-refractivity contribution in [1.82, 2.24) is 0 Å². The first kappa shape index (κ1) is 19.1. The van der Waals surface area contributed by atoms with E-state index >= 15 is 0 Å². The number of anilines is 2. The first-order valence-corrected chi connectivity index (χ1v) is 8.01. The van der Waals surface area contributed by atoms with E-state index in [0.717, 1.165) is 12.1 Å². The monoisotopic (exact) mass is 386 g/mol. The number of hydrogen-bond acceptors (Lipinski definition) is 2. The molecule has 0 spiro atoms. The third-order valence-electron chi connectivity index (χ3n) is 3.36. The number of carbonyl (C=O) groups is 2. The van der Waals surface area contributed by atoms with Crippen LogP contribution >= 0.6 is 23.2 Å². The Hall–Kier alpha value is -2.18. The van der Waals surface area contributed by atoms with E-state index in [1.807, 2.05) is 0 Å². The second-order valence-corrected chi connectivity index (χ2v) is 6.04. The Bertz CT molecular complexity index is 815. The summed E-state index contributed by atoms with van der Waals surface area (Å²) in [6.07, 6.45) is -0.0680. The number of nitrogens with one attached hydrogen (secondary N) is 1. The molecule has 0 radical (unpaired) electrons. The molecule has 2 aromatic rings. The summed E-state index contributed by atoms with van der Waals surface area (Å²) in [5.74, 6) is -2.89. The molecule has 0 heterocycles. The highest BCUT2D eigenvalue weighted by atomic mass is 35.5. The number of halogens is 4. The van der Waals surface area contributed by atoms with Crippen LogP contribution in [-0.2, 0) is 9.59 Å². The standard InChI is InChI=1S/C17H14Cl2F2N2O2/c1-10(24)23(12-3-5-14(20)15(21)9-12)7-6-17(25)22-16-8-11(18)2-4-13(16)19/h2-5,8-9H,6-7H2,1H3,(H,22,25). The third kappa shape index (κ3) is 5.14. The molecule has 4 nitrogen and oxygen atoms in total. The summed E-state index contributed by atoms with van der Waals surface area (Å²) in [5.41, 5.74) is 0.515. The van der Waals surface area contributed by atoms with Crippen molar-refractivity contribution in [3.63, 3.8) is 0 Å². The van der Waals surface area contributed by atoms with Crippen LogP contribution in [0.3, 0.4) is 0 Å². The van der Waals surface area contributed by atoms with Crippen molar-refractivity contribution in [2.24, 2.45) is 0 Å². The first-order valence-electron chi connectivity index (χ1n) is 7.26. The Morgan fingerprint density at radius 3 is 2.44 bits per heavy atom. The van der Waals surface area contributed by atoms with E-state index in [9.17, 15) is 18.4 Å². The van der Waals surface area contributed by atoms with Gasteiger partial charge < -0.3 is 10.2 Å². The van der Waals surface area contributed by atoms with Crippen LogP contribution in [0.25, 0.3) is 0 Å². The molecule has 2 aromatic carbocycles. The van der Waals surface area contributed by atoms with E-state index in [4.69, 9.17) is 23.2 Å². The Balaban J connectivity index is 2.05. The van der Waals surface area contributed by atoms with E-state index < -0.39 is 23.4 Å². The SMILES string of the molecule is CC(=O)N(CCC(=O)Nc1cc(Cl)ccc1Cl)c1ccc(F)c(F)c1. The second-order valence-electron chi connectivity index (χ2n) is 5.19. The fourth-order valence-corrected chi connectivity index (χ4v) is 2.48. The predicted octanol–water partition coefficient (Wildman–Crippen LogP) is 4.65. The molecule has 2 amide bonds. The summed E-state index contributed by atoms with van der Waals surface area (Å²) in [6.45, 7) is 1.26. The van der Waals surface area contributed by atoms with Crippen molar-refractivity contribution >= 4 is 46.4 Å². The highest BCUT2D eigenvalue weighted by molar-refractivity contribution is 6.35. The van der Waals surface area contributed by atoms with Gasteiger partial charge in [-0.1, -0.05) is 23.2 Å². The van der Waals surface area contributed by atoms with Crippen LogP contribution in [0.1, 0.15) is 13.3 Å². The van der Waals surface area contributed by atoms with Crippen LogP contribution in [0.5, 0.6) is 0 Å².